The highest BCUT2D eigenvalue weighted by Crippen LogP contribution is 2.26. The Hall–Kier alpha value is -1.30. The largest absolute Gasteiger partial charge is 0.506 e. The maximum absolute atomic E-state index is 11.9. The Balaban J connectivity index is 1.89. The second-order valence-corrected chi connectivity index (χ2v) is 5.23. The fraction of sp³-hybridized carbons (Fsp3) is 0.462. The van der Waals surface area contributed by atoms with E-state index in [0.29, 0.717) is 17.3 Å². The zero-order valence-electron chi connectivity index (χ0n) is 10.9. The van der Waals surface area contributed by atoms with Gasteiger partial charge in [0.2, 0.25) is 5.91 Å². The highest BCUT2D eigenvalue weighted by Gasteiger charge is 2.17. The van der Waals surface area contributed by atoms with Crippen molar-refractivity contribution in [3.05, 3.63) is 23.2 Å². The Labute approximate surface area is 117 Å². The second-order valence-electron chi connectivity index (χ2n) is 4.79. The maximum Gasteiger partial charge on any atom is 0.238 e. The summed E-state index contributed by atoms with van der Waals surface area (Å²) in [5.41, 5.74) is 0.353. The number of likely N-dealkylation sites (N-methyl/N-ethyl adjacent to an activating group) is 1. The van der Waals surface area contributed by atoms with Crippen molar-refractivity contribution in [3.63, 3.8) is 0 Å². The molecule has 0 spiro atoms. The van der Waals surface area contributed by atoms with E-state index in [0.717, 1.165) is 26.2 Å². The zero-order valence-corrected chi connectivity index (χ0v) is 11.7. The Morgan fingerprint density at radius 2 is 2.05 bits per heavy atom. The molecule has 0 aliphatic carbocycles. The Morgan fingerprint density at radius 3 is 2.74 bits per heavy atom. The van der Waals surface area contributed by atoms with Crippen LogP contribution in [0.4, 0.5) is 5.69 Å². The van der Waals surface area contributed by atoms with Crippen LogP contribution in [0.5, 0.6) is 5.75 Å². The lowest BCUT2D eigenvalue weighted by atomic mass is 10.3. The molecule has 104 valence electrons. The van der Waals surface area contributed by atoms with E-state index in [4.69, 9.17) is 11.6 Å². The minimum atomic E-state index is -0.137. The smallest absolute Gasteiger partial charge is 0.238 e. The number of carbonyl (C=O) groups is 1. The minimum Gasteiger partial charge on any atom is -0.506 e. The number of hydrogen-bond acceptors (Lipinski definition) is 4. The Kier molecular flexibility index (Phi) is 4.63. The maximum atomic E-state index is 11.9. The molecule has 1 saturated heterocycles. The first-order valence-electron chi connectivity index (χ1n) is 6.24. The highest BCUT2D eigenvalue weighted by atomic mass is 35.5. The number of halogens is 1. The molecule has 1 fully saturated rings. The highest BCUT2D eigenvalue weighted by molar-refractivity contribution is 6.31. The molecule has 1 aliphatic heterocycles. The minimum absolute atomic E-state index is 0.0242. The van der Waals surface area contributed by atoms with E-state index in [1.54, 1.807) is 12.1 Å². The predicted octanol–water partition coefficient (Wildman–Crippen LogP) is 1.23. The molecule has 0 unspecified atom stereocenters. The summed E-state index contributed by atoms with van der Waals surface area (Å²) in [4.78, 5) is 16.2. The van der Waals surface area contributed by atoms with Crippen molar-refractivity contribution >= 4 is 23.2 Å². The number of amides is 1. The molecule has 0 aromatic heterocycles. The summed E-state index contributed by atoms with van der Waals surface area (Å²) in [7, 11) is 2.07. The lowest BCUT2D eigenvalue weighted by molar-refractivity contribution is -0.117. The number of phenolic OH excluding ortho intramolecular Hbond substituents is 1. The monoisotopic (exact) mass is 283 g/mol. The van der Waals surface area contributed by atoms with Gasteiger partial charge in [-0.15, -0.1) is 0 Å². The standard InChI is InChI=1S/C13H18ClN3O2/c1-16-4-6-17(7-5-16)9-13(19)15-11-8-10(14)2-3-12(11)18/h2-3,8,18H,4-7,9H2,1H3,(H,15,19). The molecular weight excluding hydrogens is 266 g/mol. The lowest BCUT2D eigenvalue weighted by Crippen LogP contribution is -2.47. The lowest BCUT2D eigenvalue weighted by Gasteiger charge is -2.31. The van der Waals surface area contributed by atoms with Crippen LogP contribution in [0.15, 0.2) is 18.2 Å². The van der Waals surface area contributed by atoms with Crippen LogP contribution in [0.3, 0.4) is 0 Å². The van der Waals surface area contributed by atoms with Crippen molar-refractivity contribution in [3.8, 4) is 5.75 Å². The van der Waals surface area contributed by atoms with Crippen molar-refractivity contribution in [2.24, 2.45) is 0 Å². The first kappa shape index (κ1) is 14.1. The van der Waals surface area contributed by atoms with Gasteiger partial charge < -0.3 is 15.3 Å². The number of rotatable bonds is 3. The normalized spacial score (nSPS) is 17.4. The number of nitrogens with zero attached hydrogens (tertiary/aromatic N) is 2. The molecule has 0 saturated carbocycles. The van der Waals surface area contributed by atoms with Gasteiger partial charge in [0.15, 0.2) is 0 Å². The van der Waals surface area contributed by atoms with Crippen molar-refractivity contribution in [2.45, 2.75) is 0 Å². The van der Waals surface area contributed by atoms with E-state index in [2.05, 4.69) is 22.2 Å². The first-order chi connectivity index (χ1) is 9.04. The number of phenols is 1. The summed E-state index contributed by atoms with van der Waals surface area (Å²) < 4.78 is 0. The number of piperazine rings is 1. The number of hydrogen-bond donors (Lipinski definition) is 2. The van der Waals surface area contributed by atoms with Crippen LogP contribution in [0.2, 0.25) is 5.02 Å². The van der Waals surface area contributed by atoms with Gasteiger partial charge >= 0.3 is 0 Å². The van der Waals surface area contributed by atoms with Gasteiger partial charge in [-0.25, -0.2) is 0 Å². The molecule has 1 amide bonds. The summed E-state index contributed by atoms with van der Waals surface area (Å²) in [6.45, 7) is 4.03. The average molecular weight is 284 g/mol. The molecule has 5 nitrogen and oxygen atoms in total. The van der Waals surface area contributed by atoms with E-state index in [-0.39, 0.29) is 11.7 Å². The SMILES string of the molecule is CN1CCN(CC(=O)Nc2cc(Cl)ccc2O)CC1. The summed E-state index contributed by atoms with van der Waals surface area (Å²) in [5, 5.41) is 12.8. The van der Waals surface area contributed by atoms with E-state index in [1.165, 1.54) is 6.07 Å². The molecular formula is C13H18ClN3O2. The van der Waals surface area contributed by atoms with Gasteiger partial charge in [-0.1, -0.05) is 11.6 Å². The topological polar surface area (TPSA) is 55.8 Å². The summed E-state index contributed by atoms with van der Waals surface area (Å²) >= 11 is 5.83. The number of carbonyl (C=O) groups excluding carboxylic acids is 1. The third-order valence-corrected chi connectivity index (χ3v) is 3.43. The van der Waals surface area contributed by atoms with E-state index >= 15 is 0 Å². The Bertz CT molecular complexity index is 459. The molecule has 0 bridgehead atoms. The fourth-order valence-electron chi connectivity index (χ4n) is 2.01. The van der Waals surface area contributed by atoms with Crippen LogP contribution >= 0.6 is 11.6 Å². The van der Waals surface area contributed by atoms with E-state index in [9.17, 15) is 9.90 Å². The van der Waals surface area contributed by atoms with Crippen LogP contribution in [-0.4, -0.2) is 60.6 Å². The van der Waals surface area contributed by atoms with Gasteiger partial charge in [0.1, 0.15) is 5.75 Å². The molecule has 1 aromatic rings. The average Bonchev–Trinajstić information content (AvgIpc) is 2.37. The van der Waals surface area contributed by atoms with Gasteiger partial charge in [-0.2, -0.15) is 0 Å². The third kappa shape index (κ3) is 4.09. The van der Waals surface area contributed by atoms with Gasteiger partial charge in [-0.3, -0.25) is 9.69 Å². The van der Waals surface area contributed by atoms with Crippen molar-refractivity contribution in [2.75, 3.05) is 45.1 Å². The summed E-state index contributed by atoms with van der Waals surface area (Å²) in [5.74, 6) is -0.113. The van der Waals surface area contributed by atoms with Crippen LogP contribution in [0.1, 0.15) is 0 Å². The molecule has 2 N–H and O–H groups in total. The summed E-state index contributed by atoms with van der Waals surface area (Å²) in [6.07, 6.45) is 0. The van der Waals surface area contributed by atoms with Crippen molar-refractivity contribution in [1.29, 1.82) is 0 Å². The predicted molar refractivity (Wildman–Crippen MR) is 75.7 cm³/mol. The van der Waals surface area contributed by atoms with Gasteiger partial charge in [0, 0.05) is 31.2 Å². The molecule has 0 radical (unpaired) electrons. The summed E-state index contributed by atoms with van der Waals surface area (Å²) in [6, 6.07) is 4.58. The second kappa shape index (κ2) is 6.23. The number of benzene rings is 1. The molecule has 19 heavy (non-hydrogen) atoms. The van der Waals surface area contributed by atoms with Crippen LogP contribution in [-0.2, 0) is 4.79 Å². The molecule has 1 aliphatic rings. The van der Waals surface area contributed by atoms with Crippen molar-refractivity contribution in [1.82, 2.24) is 9.80 Å². The fourth-order valence-corrected chi connectivity index (χ4v) is 2.18. The first-order valence-corrected chi connectivity index (χ1v) is 6.61. The van der Waals surface area contributed by atoms with Crippen molar-refractivity contribution < 1.29 is 9.90 Å². The van der Waals surface area contributed by atoms with Gasteiger partial charge in [-0.05, 0) is 25.2 Å². The molecule has 1 heterocycles. The number of nitrogens with one attached hydrogen (secondary N) is 1. The van der Waals surface area contributed by atoms with E-state index in [1.807, 2.05) is 0 Å². The van der Waals surface area contributed by atoms with Gasteiger partial charge in [0.25, 0.3) is 0 Å². The van der Waals surface area contributed by atoms with Gasteiger partial charge in [0.05, 0.1) is 12.2 Å². The molecule has 2 rings (SSSR count). The zero-order chi connectivity index (χ0) is 13.8. The Morgan fingerprint density at radius 1 is 1.37 bits per heavy atom. The van der Waals surface area contributed by atoms with E-state index < -0.39 is 0 Å². The van der Waals surface area contributed by atoms with Crippen LogP contribution in [0, 0.1) is 0 Å². The third-order valence-electron chi connectivity index (χ3n) is 3.20. The molecule has 1 aromatic carbocycles. The van der Waals surface area contributed by atoms with Crippen LogP contribution < -0.4 is 5.32 Å². The molecule has 0 atom stereocenters. The number of anilines is 1. The quantitative estimate of drug-likeness (QED) is 0.820. The number of aromatic hydroxyl groups is 1. The van der Waals surface area contributed by atoms with Crippen LogP contribution in [0.25, 0.3) is 0 Å². The molecule has 6 heteroatoms.